The summed E-state index contributed by atoms with van der Waals surface area (Å²) in [5, 5.41) is 9.59. The highest BCUT2D eigenvalue weighted by molar-refractivity contribution is 5.05. The lowest BCUT2D eigenvalue weighted by molar-refractivity contribution is 0.167. The molecule has 13 heavy (non-hydrogen) atoms. The molecule has 0 aromatic carbocycles. The van der Waals surface area contributed by atoms with Gasteiger partial charge < -0.3 is 5.11 Å². The third-order valence-corrected chi connectivity index (χ3v) is 2.64. The van der Waals surface area contributed by atoms with E-state index in [1.807, 2.05) is 0 Å². The predicted octanol–water partition coefficient (Wildman–Crippen LogP) is 3.20. The van der Waals surface area contributed by atoms with Crippen LogP contribution in [0.3, 0.4) is 0 Å². The molecule has 0 aliphatic heterocycles. The number of allylic oxidation sites excluding steroid dienone is 3. The van der Waals surface area contributed by atoms with Crippen LogP contribution in [0.5, 0.6) is 0 Å². The lowest BCUT2D eigenvalue weighted by Crippen LogP contribution is -2.05. The number of aliphatic hydroxyl groups is 1. The van der Waals surface area contributed by atoms with Gasteiger partial charge in [0, 0.05) is 0 Å². The first-order chi connectivity index (χ1) is 6.18. The van der Waals surface area contributed by atoms with Gasteiger partial charge in [-0.1, -0.05) is 23.3 Å². The summed E-state index contributed by atoms with van der Waals surface area (Å²) in [4.78, 5) is 0. The number of hydrogen-bond donors (Lipinski definition) is 1. The van der Waals surface area contributed by atoms with Crippen molar-refractivity contribution in [1.29, 1.82) is 0 Å². The predicted molar refractivity (Wildman–Crippen MR) is 56.6 cm³/mol. The zero-order chi connectivity index (χ0) is 9.68. The molecule has 0 saturated carbocycles. The molecule has 74 valence electrons. The van der Waals surface area contributed by atoms with Crippen LogP contribution in [0.25, 0.3) is 0 Å². The minimum Gasteiger partial charge on any atom is -0.393 e. The summed E-state index contributed by atoms with van der Waals surface area (Å²) in [6, 6.07) is 0. The highest BCUT2D eigenvalue weighted by Gasteiger charge is 2.04. The fourth-order valence-electron chi connectivity index (χ4n) is 1.60. The Labute approximate surface area is 81.2 Å². The first kappa shape index (κ1) is 10.5. The smallest absolute Gasteiger partial charge is 0.0577 e. The fourth-order valence-corrected chi connectivity index (χ4v) is 1.60. The van der Waals surface area contributed by atoms with E-state index in [0.717, 1.165) is 32.1 Å². The van der Waals surface area contributed by atoms with Crippen molar-refractivity contribution in [1.82, 2.24) is 0 Å². The van der Waals surface area contributed by atoms with Crippen molar-refractivity contribution in [2.24, 2.45) is 0 Å². The molecular formula is C12H20O. The third kappa shape index (κ3) is 4.28. The fraction of sp³-hybridized carbons (Fsp3) is 0.667. The van der Waals surface area contributed by atoms with Gasteiger partial charge in [0.05, 0.1) is 6.10 Å². The highest BCUT2D eigenvalue weighted by Crippen LogP contribution is 2.16. The molecule has 0 heterocycles. The van der Waals surface area contributed by atoms with E-state index in [9.17, 15) is 5.11 Å². The van der Waals surface area contributed by atoms with E-state index < -0.39 is 0 Å². The zero-order valence-corrected chi connectivity index (χ0v) is 8.71. The second-order valence-electron chi connectivity index (χ2n) is 4.07. The number of aliphatic hydroxyl groups excluding tert-OH is 1. The zero-order valence-electron chi connectivity index (χ0n) is 8.71. The van der Waals surface area contributed by atoms with Gasteiger partial charge in [0.1, 0.15) is 0 Å². The average molecular weight is 180 g/mol. The van der Waals surface area contributed by atoms with Crippen LogP contribution in [0.1, 0.15) is 46.0 Å². The molecule has 0 saturated heterocycles. The van der Waals surface area contributed by atoms with Crippen LogP contribution in [0.2, 0.25) is 0 Å². The molecule has 0 aromatic rings. The van der Waals surface area contributed by atoms with Gasteiger partial charge in [0.25, 0.3) is 0 Å². The van der Waals surface area contributed by atoms with Gasteiger partial charge in [-0.25, -0.2) is 0 Å². The molecule has 1 aliphatic rings. The normalized spacial score (nSPS) is 34.2. The highest BCUT2D eigenvalue weighted by atomic mass is 16.3. The van der Waals surface area contributed by atoms with E-state index >= 15 is 0 Å². The Morgan fingerprint density at radius 3 is 2.62 bits per heavy atom. The molecular weight excluding hydrogens is 160 g/mol. The maximum atomic E-state index is 9.59. The Morgan fingerprint density at radius 2 is 1.85 bits per heavy atom. The van der Waals surface area contributed by atoms with E-state index in [-0.39, 0.29) is 6.10 Å². The van der Waals surface area contributed by atoms with E-state index in [4.69, 9.17) is 0 Å². The molecule has 1 N–H and O–H groups in total. The lowest BCUT2D eigenvalue weighted by Gasteiger charge is -2.11. The minimum absolute atomic E-state index is 0.142. The van der Waals surface area contributed by atoms with Crippen LogP contribution in [-0.4, -0.2) is 11.2 Å². The molecule has 1 atom stereocenters. The van der Waals surface area contributed by atoms with Gasteiger partial charge in [-0.2, -0.15) is 0 Å². The first-order valence-electron chi connectivity index (χ1n) is 5.18. The van der Waals surface area contributed by atoms with Crippen LogP contribution >= 0.6 is 0 Å². The molecule has 0 radical (unpaired) electrons. The lowest BCUT2D eigenvalue weighted by atomic mass is 10.00. The molecule has 1 rings (SSSR count). The monoisotopic (exact) mass is 180 g/mol. The first-order valence-corrected chi connectivity index (χ1v) is 5.18. The van der Waals surface area contributed by atoms with Crippen molar-refractivity contribution in [3.05, 3.63) is 23.3 Å². The molecule has 0 amide bonds. The number of hydrogen-bond acceptors (Lipinski definition) is 1. The van der Waals surface area contributed by atoms with Crippen LogP contribution in [0.4, 0.5) is 0 Å². The second kappa shape index (κ2) is 5.23. The summed E-state index contributed by atoms with van der Waals surface area (Å²) in [5.74, 6) is 0. The van der Waals surface area contributed by atoms with E-state index in [1.165, 1.54) is 11.1 Å². The largest absolute Gasteiger partial charge is 0.393 e. The van der Waals surface area contributed by atoms with Crippen molar-refractivity contribution < 1.29 is 5.11 Å². The standard InChI is InChI=1S/C12H20O/c1-10-4-3-5-11(2)7-9-12(13)8-6-10/h4,7,12-13H,3,5-6,8-9H2,1-2H3/b10-4+,11-7+. The number of rotatable bonds is 0. The SMILES string of the molecule is C/C1=C\CC(O)CC/C(C)=C/CC1. The second-order valence-corrected chi connectivity index (χ2v) is 4.07. The Kier molecular flexibility index (Phi) is 4.23. The Balaban J connectivity index is 2.56. The molecule has 1 nitrogen and oxygen atoms in total. The summed E-state index contributed by atoms with van der Waals surface area (Å²) in [6.07, 6.45) is 9.43. The van der Waals surface area contributed by atoms with Gasteiger partial charge in [0.2, 0.25) is 0 Å². The molecule has 1 heteroatoms. The van der Waals surface area contributed by atoms with E-state index in [1.54, 1.807) is 0 Å². The van der Waals surface area contributed by atoms with Crippen molar-refractivity contribution in [2.45, 2.75) is 52.1 Å². The molecule has 1 unspecified atom stereocenters. The third-order valence-electron chi connectivity index (χ3n) is 2.64. The van der Waals surface area contributed by atoms with Gasteiger partial charge in [-0.15, -0.1) is 0 Å². The Bertz CT molecular complexity index is 213. The Hall–Kier alpha value is -0.560. The van der Waals surface area contributed by atoms with E-state index in [2.05, 4.69) is 26.0 Å². The van der Waals surface area contributed by atoms with E-state index in [0.29, 0.717) is 0 Å². The van der Waals surface area contributed by atoms with Gasteiger partial charge >= 0.3 is 0 Å². The molecule has 0 fully saturated rings. The summed E-state index contributed by atoms with van der Waals surface area (Å²) in [5.41, 5.74) is 2.83. The van der Waals surface area contributed by atoms with Gasteiger partial charge in [-0.05, 0) is 46.0 Å². The van der Waals surface area contributed by atoms with Crippen molar-refractivity contribution in [3.63, 3.8) is 0 Å². The Morgan fingerprint density at radius 1 is 1.15 bits per heavy atom. The van der Waals surface area contributed by atoms with Crippen molar-refractivity contribution >= 4 is 0 Å². The van der Waals surface area contributed by atoms with Gasteiger partial charge in [-0.3, -0.25) is 0 Å². The summed E-state index contributed by atoms with van der Waals surface area (Å²) < 4.78 is 0. The quantitative estimate of drug-likeness (QED) is 0.567. The average Bonchev–Trinajstić information content (AvgIpc) is 2.10. The summed E-state index contributed by atoms with van der Waals surface area (Å²) >= 11 is 0. The van der Waals surface area contributed by atoms with Crippen molar-refractivity contribution in [2.75, 3.05) is 0 Å². The van der Waals surface area contributed by atoms with Crippen LogP contribution in [0, 0.1) is 0 Å². The summed E-state index contributed by atoms with van der Waals surface area (Å²) in [6.45, 7) is 4.31. The molecule has 1 aliphatic carbocycles. The topological polar surface area (TPSA) is 20.2 Å². The van der Waals surface area contributed by atoms with Crippen LogP contribution in [-0.2, 0) is 0 Å². The van der Waals surface area contributed by atoms with Crippen LogP contribution < -0.4 is 0 Å². The maximum absolute atomic E-state index is 9.59. The maximum Gasteiger partial charge on any atom is 0.0577 e. The van der Waals surface area contributed by atoms with Crippen LogP contribution in [0.15, 0.2) is 23.3 Å². The summed E-state index contributed by atoms with van der Waals surface area (Å²) in [7, 11) is 0. The molecule has 0 aromatic heterocycles. The molecule has 0 bridgehead atoms. The van der Waals surface area contributed by atoms with Crippen molar-refractivity contribution in [3.8, 4) is 0 Å². The van der Waals surface area contributed by atoms with Gasteiger partial charge in [0.15, 0.2) is 0 Å². The minimum atomic E-state index is -0.142. The molecule has 0 spiro atoms.